The average Bonchev–Trinajstić information content (AvgIpc) is 3.88. The first-order valence-electron chi connectivity index (χ1n) is 26.9. The third-order valence-corrected chi connectivity index (χ3v) is 19.1. The molecule has 13 aromatic rings. The second kappa shape index (κ2) is 16.0. The van der Waals surface area contributed by atoms with Crippen LogP contribution in [0.2, 0.25) is 0 Å². The number of fused-ring (bicyclic) bond motifs is 11. The summed E-state index contributed by atoms with van der Waals surface area (Å²) in [5.41, 5.74) is 32.3. The fraction of sp³-hybridized carbons (Fsp3) is 0.216. The van der Waals surface area contributed by atoms with Gasteiger partial charge in [-0.15, -0.1) is 0 Å². The molecule has 0 heterocycles. The summed E-state index contributed by atoms with van der Waals surface area (Å²) in [6, 6.07) is 44.2. The molecule has 0 spiro atoms. The van der Waals surface area contributed by atoms with E-state index >= 15 is 0 Å². The van der Waals surface area contributed by atoms with E-state index in [0.29, 0.717) is 0 Å². The Bertz CT molecular complexity index is 4280. The maximum Gasteiger partial charge on any atom is -0.00137 e. The van der Waals surface area contributed by atoms with E-state index in [4.69, 9.17) is 0 Å². The third-order valence-electron chi connectivity index (χ3n) is 19.1. The molecule has 74 heavy (non-hydrogen) atoms. The molecular weight excluding hydrogens is 889 g/mol. The van der Waals surface area contributed by atoms with Crippen molar-refractivity contribution in [1.29, 1.82) is 0 Å². The second-order valence-corrected chi connectivity index (χ2v) is 23.0. The van der Waals surface area contributed by atoms with E-state index < -0.39 is 0 Å². The monoisotopic (exact) mass is 955 g/mol. The van der Waals surface area contributed by atoms with Gasteiger partial charge in [0.1, 0.15) is 0 Å². The molecule has 0 amide bonds. The largest absolute Gasteiger partial charge is 0.0558 e. The Morgan fingerprint density at radius 2 is 0.419 bits per heavy atom. The topological polar surface area (TPSA) is 0 Å². The van der Waals surface area contributed by atoms with Gasteiger partial charge in [-0.25, -0.2) is 0 Å². The SMILES string of the molecule is Cc1cc(C)c(C)c(-c2ccc3c(c2)c2cc4c5cc6c7cc(-c8c(C)c(C)cc(C)c8C)ccc7c7ccc(-c8c(C)c(C)cc(C)c8C)c(c5ccc4c4c(-c5c(C)c(C)cc(C)c5C)ccc3c24)c76)c1C. The van der Waals surface area contributed by atoms with Crippen LogP contribution in [0.5, 0.6) is 0 Å². The van der Waals surface area contributed by atoms with Gasteiger partial charge in [0, 0.05) is 0 Å². The van der Waals surface area contributed by atoms with Gasteiger partial charge < -0.3 is 0 Å². The summed E-state index contributed by atoms with van der Waals surface area (Å²) >= 11 is 0. The van der Waals surface area contributed by atoms with Crippen LogP contribution in [0.15, 0.2) is 109 Å². The molecule has 0 atom stereocenters. The molecule has 13 aromatic carbocycles. The number of benzene rings is 11. The molecule has 0 fully saturated rings. The molecule has 0 aliphatic heterocycles. The second-order valence-electron chi connectivity index (χ2n) is 23.0. The lowest BCUT2D eigenvalue weighted by Crippen LogP contribution is -1.97. The molecule has 0 heteroatoms. The van der Waals surface area contributed by atoms with E-state index in [2.05, 4.69) is 220 Å². The zero-order valence-electron chi connectivity index (χ0n) is 46.4. The highest BCUT2D eigenvalue weighted by molar-refractivity contribution is 6.42. The van der Waals surface area contributed by atoms with Crippen molar-refractivity contribution in [3.8, 4) is 44.5 Å². The summed E-state index contributed by atoms with van der Waals surface area (Å²) in [6.45, 7) is 36.8. The van der Waals surface area contributed by atoms with Crippen LogP contribution in [0.25, 0.3) is 131 Å². The summed E-state index contributed by atoms with van der Waals surface area (Å²) in [4.78, 5) is 0. The van der Waals surface area contributed by atoms with Gasteiger partial charge in [-0.1, -0.05) is 84.9 Å². The number of rotatable bonds is 4. The van der Waals surface area contributed by atoms with E-state index in [1.807, 2.05) is 0 Å². The number of hydrogen-bond donors (Lipinski definition) is 0. The highest BCUT2D eigenvalue weighted by atomic mass is 14.3. The van der Waals surface area contributed by atoms with Gasteiger partial charge in [-0.3, -0.25) is 0 Å². The molecular formula is C74H66. The maximum atomic E-state index is 2.61. The average molecular weight is 955 g/mol. The quantitative estimate of drug-likeness (QED) is 0.154. The number of aryl methyl sites for hydroxylation is 8. The van der Waals surface area contributed by atoms with Crippen LogP contribution in [-0.4, -0.2) is 0 Å². The Kier molecular flexibility index (Phi) is 9.99. The van der Waals surface area contributed by atoms with Crippen molar-refractivity contribution in [3.05, 3.63) is 198 Å². The minimum atomic E-state index is 1.29. The summed E-state index contributed by atoms with van der Waals surface area (Å²) < 4.78 is 0. The van der Waals surface area contributed by atoms with Crippen molar-refractivity contribution in [2.75, 3.05) is 0 Å². The summed E-state index contributed by atoms with van der Waals surface area (Å²) in [5.74, 6) is 0. The van der Waals surface area contributed by atoms with Crippen molar-refractivity contribution in [1.82, 2.24) is 0 Å². The summed E-state index contributed by atoms with van der Waals surface area (Å²) in [7, 11) is 0. The Labute approximate surface area is 437 Å². The van der Waals surface area contributed by atoms with Crippen LogP contribution in [0.4, 0.5) is 0 Å². The lowest BCUT2D eigenvalue weighted by atomic mass is 9.83. The predicted octanol–water partition coefficient (Wildman–Crippen LogP) is 21.4. The molecule has 0 saturated heterocycles. The maximum absolute atomic E-state index is 2.61. The molecule has 0 radical (unpaired) electrons. The fourth-order valence-electron chi connectivity index (χ4n) is 14.3. The Balaban J connectivity index is 1.26. The molecule has 0 aromatic heterocycles. The predicted molar refractivity (Wildman–Crippen MR) is 326 cm³/mol. The highest BCUT2D eigenvalue weighted by Gasteiger charge is 2.26. The van der Waals surface area contributed by atoms with E-state index in [1.54, 1.807) is 0 Å². The fourth-order valence-corrected chi connectivity index (χ4v) is 14.3. The van der Waals surface area contributed by atoms with Gasteiger partial charge in [-0.05, 0) is 355 Å². The lowest BCUT2D eigenvalue weighted by molar-refractivity contribution is 1.25. The van der Waals surface area contributed by atoms with Crippen LogP contribution in [0.1, 0.15) is 89.0 Å². The van der Waals surface area contributed by atoms with Gasteiger partial charge in [0.05, 0.1) is 0 Å². The van der Waals surface area contributed by atoms with Crippen molar-refractivity contribution < 1.29 is 0 Å². The molecule has 0 N–H and O–H groups in total. The van der Waals surface area contributed by atoms with Crippen molar-refractivity contribution in [2.24, 2.45) is 0 Å². The lowest BCUT2D eigenvalue weighted by Gasteiger charge is -2.21. The zero-order valence-corrected chi connectivity index (χ0v) is 46.4. The first kappa shape index (κ1) is 46.3. The summed E-state index contributed by atoms with van der Waals surface area (Å²) in [6.07, 6.45) is 0. The van der Waals surface area contributed by atoms with Crippen LogP contribution in [0, 0.1) is 111 Å². The van der Waals surface area contributed by atoms with Gasteiger partial charge in [0.2, 0.25) is 0 Å². The molecule has 362 valence electrons. The minimum absolute atomic E-state index is 1.29. The molecule has 0 aliphatic carbocycles. The van der Waals surface area contributed by atoms with Gasteiger partial charge >= 0.3 is 0 Å². The molecule has 13 rings (SSSR count). The van der Waals surface area contributed by atoms with E-state index in [0.717, 1.165) is 0 Å². The normalized spacial score (nSPS) is 12.3. The van der Waals surface area contributed by atoms with Gasteiger partial charge in [0.25, 0.3) is 0 Å². The van der Waals surface area contributed by atoms with Crippen LogP contribution < -0.4 is 0 Å². The van der Waals surface area contributed by atoms with Crippen LogP contribution in [-0.2, 0) is 0 Å². The number of hydrogen-bond acceptors (Lipinski definition) is 0. The van der Waals surface area contributed by atoms with E-state index in [1.165, 1.54) is 220 Å². The van der Waals surface area contributed by atoms with Crippen molar-refractivity contribution in [3.63, 3.8) is 0 Å². The van der Waals surface area contributed by atoms with E-state index in [-0.39, 0.29) is 0 Å². The van der Waals surface area contributed by atoms with Crippen molar-refractivity contribution in [2.45, 2.75) is 111 Å². The highest BCUT2D eigenvalue weighted by Crippen LogP contribution is 2.53. The molecule has 0 nitrogen and oxygen atoms in total. The molecule has 0 aliphatic rings. The molecule has 0 unspecified atom stereocenters. The van der Waals surface area contributed by atoms with Crippen LogP contribution >= 0.6 is 0 Å². The Hall–Kier alpha value is -7.54. The smallest absolute Gasteiger partial charge is 0.00137 e. The Morgan fingerprint density at radius 3 is 0.730 bits per heavy atom. The van der Waals surface area contributed by atoms with Gasteiger partial charge in [0.15, 0.2) is 0 Å². The summed E-state index contributed by atoms with van der Waals surface area (Å²) in [5, 5.41) is 21.4. The van der Waals surface area contributed by atoms with E-state index in [9.17, 15) is 0 Å². The standard InChI is InChI=1S/C74H66/c1-35-27-36(2)44(10)67(43(35)9)51-17-19-53-55-23-25-59(69-47(13)39(5)29-40(6)48(69)14)71-57-21-22-58-64(63(57)33-65(73(55)71)61(53)31-51)34-66-62-32-52(68-45(11)37(3)28-38(4)46(68)12)18-20-54(62)56-24-26-60(72(58)74(56)66)70-49(15)41(7)30-42(8)50(70)16/h17-34H,1-16H3. The molecule has 0 saturated carbocycles. The zero-order chi connectivity index (χ0) is 51.8. The first-order valence-corrected chi connectivity index (χ1v) is 26.9. The van der Waals surface area contributed by atoms with Crippen molar-refractivity contribution >= 4 is 86.2 Å². The Morgan fingerprint density at radius 1 is 0.176 bits per heavy atom. The minimum Gasteiger partial charge on any atom is -0.0558 e. The van der Waals surface area contributed by atoms with Crippen LogP contribution in [0.3, 0.4) is 0 Å². The third kappa shape index (κ3) is 6.15. The first-order chi connectivity index (χ1) is 35.4. The van der Waals surface area contributed by atoms with Gasteiger partial charge in [-0.2, -0.15) is 0 Å². The molecule has 0 bridgehead atoms.